The van der Waals surface area contributed by atoms with Gasteiger partial charge in [-0.05, 0) is 41.5 Å². The zero-order valence-electron chi connectivity index (χ0n) is 16.5. The fourth-order valence-corrected chi connectivity index (χ4v) is 3.12. The Morgan fingerprint density at radius 2 is 1.91 bits per heavy atom. The molecule has 0 amide bonds. The van der Waals surface area contributed by atoms with Crippen molar-refractivity contribution in [3.8, 4) is 0 Å². The van der Waals surface area contributed by atoms with Gasteiger partial charge in [0.05, 0.1) is 17.2 Å². The van der Waals surface area contributed by atoms with Gasteiger partial charge >= 0.3 is 5.97 Å². The molecule has 0 aliphatic heterocycles. The number of benzene rings is 2. The molecule has 2 aromatic carbocycles. The predicted molar refractivity (Wildman–Crippen MR) is 114 cm³/mol. The summed E-state index contributed by atoms with van der Waals surface area (Å²) in [5.41, 5.74) is 1.48. The SMILES string of the molecule is CCOC(=O)c1ccccc1C(=NN)c1nc2nonc2nc1Nc1ccc(F)c(Cl)c1. The highest BCUT2D eigenvalue weighted by molar-refractivity contribution is 6.31. The molecule has 3 N–H and O–H groups in total. The molecule has 0 bridgehead atoms. The lowest BCUT2D eigenvalue weighted by atomic mass is 10.0. The zero-order valence-corrected chi connectivity index (χ0v) is 17.3. The van der Waals surface area contributed by atoms with Crippen LogP contribution in [0.1, 0.15) is 28.5 Å². The number of ether oxygens (including phenoxy) is 1. The number of halogens is 2. The first-order valence-electron chi connectivity index (χ1n) is 9.29. The van der Waals surface area contributed by atoms with E-state index in [0.717, 1.165) is 0 Å². The number of hydrogen-bond acceptors (Lipinski definition) is 10. The van der Waals surface area contributed by atoms with Crippen molar-refractivity contribution < 1.29 is 18.6 Å². The summed E-state index contributed by atoms with van der Waals surface area (Å²) in [6, 6.07) is 10.6. The second-order valence-corrected chi connectivity index (χ2v) is 6.74. The summed E-state index contributed by atoms with van der Waals surface area (Å²) < 4.78 is 23.4. The number of carbonyl (C=O) groups excluding carboxylic acids is 1. The number of nitrogens with zero attached hydrogens (tertiary/aromatic N) is 5. The fraction of sp³-hybridized carbons (Fsp3) is 0.100. The molecular weight excluding hydrogens is 441 g/mol. The van der Waals surface area contributed by atoms with Crippen molar-refractivity contribution in [3.05, 3.63) is 70.1 Å². The minimum Gasteiger partial charge on any atom is -0.462 e. The van der Waals surface area contributed by atoms with Gasteiger partial charge in [-0.3, -0.25) is 0 Å². The van der Waals surface area contributed by atoms with Crippen LogP contribution in [0.5, 0.6) is 0 Å². The molecule has 0 saturated heterocycles. The molecule has 32 heavy (non-hydrogen) atoms. The average molecular weight is 456 g/mol. The number of fused-ring (bicyclic) bond motifs is 1. The maximum Gasteiger partial charge on any atom is 0.338 e. The van der Waals surface area contributed by atoms with E-state index >= 15 is 0 Å². The van der Waals surface area contributed by atoms with E-state index in [9.17, 15) is 9.18 Å². The predicted octanol–water partition coefficient (Wildman–Crippen LogP) is 3.44. The van der Waals surface area contributed by atoms with Gasteiger partial charge in [-0.25, -0.2) is 23.8 Å². The summed E-state index contributed by atoms with van der Waals surface area (Å²) in [6.07, 6.45) is 0. The minimum atomic E-state index is -0.577. The van der Waals surface area contributed by atoms with E-state index in [-0.39, 0.29) is 45.7 Å². The average Bonchev–Trinajstić information content (AvgIpc) is 3.25. The maximum atomic E-state index is 13.6. The quantitative estimate of drug-likeness (QED) is 0.193. The lowest BCUT2D eigenvalue weighted by Crippen LogP contribution is -2.18. The van der Waals surface area contributed by atoms with Crippen molar-refractivity contribution in [1.29, 1.82) is 0 Å². The summed E-state index contributed by atoms with van der Waals surface area (Å²) in [5, 5.41) is 14.2. The molecule has 2 aromatic heterocycles. The third kappa shape index (κ3) is 4.05. The van der Waals surface area contributed by atoms with Crippen molar-refractivity contribution in [2.75, 3.05) is 11.9 Å². The molecule has 12 heteroatoms. The van der Waals surface area contributed by atoms with Crippen LogP contribution in [0.2, 0.25) is 5.02 Å². The molecule has 0 unspecified atom stereocenters. The molecule has 10 nitrogen and oxygen atoms in total. The number of hydrogen-bond donors (Lipinski definition) is 2. The van der Waals surface area contributed by atoms with Gasteiger partial charge < -0.3 is 15.9 Å². The van der Waals surface area contributed by atoms with Crippen LogP contribution < -0.4 is 11.2 Å². The van der Waals surface area contributed by atoms with E-state index in [2.05, 4.69) is 30.7 Å². The third-order valence-electron chi connectivity index (χ3n) is 4.33. The summed E-state index contributed by atoms with van der Waals surface area (Å²) in [6.45, 7) is 1.89. The Bertz CT molecular complexity index is 1340. The summed E-state index contributed by atoms with van der Waals surface area (Å²) in [7, 11) is 0. The van der Waals surface area contributed by atoms with E-state index in [1.807, 2.05) is 0 Å². The molecule has 0 aliphatic carbocycles. The number of carbonyl (C=O) groups is 1. The van der Waals surface area contributed by atoms with Gasteiger partial charge in [-0.2, -0.15) is 5.10 Å². The number of nitrogens with one attached hydrogen (secondary N) is 1. The van der Waals surface area contributed by atoms with Crippen LogP contribution in [-0.2, 0) is 4.74 Å². The van der Waals surface area contributed by atoms with E-state index in [4.69, 9.17) is 26.8 Å². The first kappa shape index (κ1) is 21.1. The van der Waals surface area contributed by atoms with E-state index < -0.39 is 11.8 Å². The molecule has 0 fully saturated rings. The van der Waals surface area contributed by atoms with Crippen molar-refractivity contribution >= 4 is 46.1 Å². The molecule has 162 valence electrons. The monoisotopic (exact) mass is 455 g/mol. The third-order valence-corrected chi connectivity index (χ3v) is 4.62. The van der Waals surface area contributed by atoms with Crippen LogP contribution in [-0.4, -0.2) is 38.6 Å². The van der Waals surface area contributed by atoms with Crippen molar-refractivity contribution in [1.82, 2.24) is 20.3 Å². The first-order valence-corrected chi connectivity index (χ1v) is 9.66. The summed E-state index contributed by atoms with van der Waals surface area (Å²) in [5.74, 6) is 4.74. The molecule has 0 aliphatic rings. The number of esters is 1. The Morgan fingerprint density at radius 1 is 1.19 bits per heavy atom. The smallest absolute Gasteiger partial charge is 0.338 e. The molecule has 0 spiro atoms. The Hall–Kier alpha value is -4.12. The second kappa shape index (κ2) is 8.94. The number of nitrogens with two attached hydrogens (primary N) is 1. The van der Waals surface area contributed by atoms with Crippen LogP contribution in [0.25, 0.3) is 11.3 Å². The van der Waals surface area contributed by atoms with Crippen LogP contribution in [0.15, 0.2) is 52.2 Å². The van der Waals surface area contributed by atoms with Crippen molar-refractivity contribution in [2.45, 2.75) is 6.92 Å². The van der Waals surface area contributed by atoms with Crippen LogP contribution in [0.3, 0.4) is 0 Å². The Kier molecular flexibility index (Phi) is 5.90. The van der Waals surface area contributed by atoms with Gasteiger partial charge in [0.15, 0.2) is 5.82 Å². The summed E-state index contributed by atoms with van der Waals surface area (Å²) >= 11 is 5.89. The zero-order chi connectivity index (χ0) is 22.7. The molecule has 0 saturated carbocycles. The highest BCUT2D eigenvalue weighted by Crippen LogP contribution is 2.26. The minimum absolute atomic E-state index is 0.0888. The molecule has 0 radical (unpaired) electrons. The number of aromatic nitrogens is 4. The van der Waals surface area contributed by atoms with E-state index in [1.54, 1.807) is 31.2 Å². The standard InChI is InChI=1S/C20H15ClFN7O3/c1-2-31-20(30)12-6-4-3-5-11(12)15(27-23)16-17(26-19-18(25-16)28-32-29-19)24-10-7-8-14(22)13(21)9-10/h3-9H,2,23H2,1H3,(H,24,26,29). The topological polar surface area (TPSA) is 141 Å². The van der Waals surface area contributed by atoms with Crippen LogP contribution >= 0.6 is 11.6 Å². The van der Waals surface area contributed by atoms with Crippen molar-refractivity contribution in [2.24, 2.45) is 10.9 Å². The normalized spacial score (nSPS) is 11.5. The first-order chi connectivity index (χ1) is 15.5. The maximum absolute atomic E-state index is 13.6. The van der Waals surface area contributed by atoms with E-state index in [1.165, 1.54) is 18.2 Å². The number of hydrazone groups is 1. The largest absolute Gasteiger partial charge is 0.462 e. The lowest BCUT2D eigenvalue weighted by Gasteiger charge is -2.14. The number of rotatable bonds is 6. The second-order valence-electron chi connectivity index (χ2n) is 6.33. The molecular formula is C20H15ClFN7O3. The summed E-state index contributed by atoms with van der Waals surface area (Å²) in [4.78, 5) is 21.2. The molecule has 2 heterocycles. The van der Waals surface area contributed by atoms with Gasteiger partial charge in [-0.15, -0.1) is 0 Å². The number of anilines is 2. The highest BCUT2D eigenvalue weighted by Gasteiger charge is 2.24. The van der Waals surface area contributed by atoms with Gasteiger partial charge in [0.25, 0.3) is 0 Å². The Balaban J connectivity index is 1.86. The lowest BCUT2D eigenvalue weighted by molar-refractivity contribution is 0.0526. The van der Waals surface area contributed by atoms with Gasteiger partial charge in [-0.1, -0.05) is 29.8 Å². The van der Waals surface area contributed by atoms with Crippen LogP contribution in [0.4, 0.5) is 15.9 Å². The van der Waals surface area contributed by atoms with Gasteiger partial charge in [0, 0.05) is 11.3 Å². The van der Waals surface area contributed by atoms with Crippen LogP contribution in [0, 0.1) is 5.82 Å². The Morgan fingerprint density at radius 3 is 2.59 bits per heavy atom. The molecule has 4 aromatic rings. The molecule has 0 atom stereocenters. The van der Waals surface area contributed by atoms with Crippen molar-refractivity contribution in [3.63, 3.8) is 0 Å². The Labute approximate surface area is 185 Å². The molecule has 4 rings (SSSR count). The highest BCUT2D eigenvalue weighted by atomic mass is 35.5. The van der Waals surface area contributed by atoms with Gasteiger partial charge in [0.2, 0.25) is 11.3 Å². The van der Waals surface area contributed by atoms with E-state index in [0.29, 0.717) is 11.3 Å². The fourth-order valence-electron chi connectivity index (χ4n) is 2.94. The van der Waals surface area contributed by atoms with Gasteiger partial charge in [0.1, 0.15) is 17.2 Å².